The van der Waals surface area contributed by atoms with Crippen LogP contribution in [0, 0.1) is 5.92 Å². The maximum atomic E-state index is 12.6. The Hall–Kier alpha value is -1.70. The first-order valence-corrected chi connectivity index (χ1v) is 9.89. The second kappa shape index (κ2) is 7.46. The van der Waals surface area contributed by atoms with Gasteiger partial charge in [-0.2, -0.15) is 5.10 Å². The normalized spacial score (nSPS) is 18.8. The Morgan fingerprint density at radius 2 is 2.12 bits per heavy atom. The molecule has 0 amide bonds. The number of hydrogen-bond donors (Lipinski definition) is 1. The summed E-state index contributed by atoms with van der Waals surface area (Å²) in [5.41, 5.74) is 1.71. The minimum atomic E-state index is -3.30. The van der Waals surface area contributed by atoms with Crippen molar-refractivity contribution < 1.29 is 8.42 Å². The average Bonchev–Trinajstić information content (AvgIpc) is 3.10. The Bertz CT molecular complexity index is 735. The third-order valence-electron chi connectivity index (χ3n) is 4.44. The van der Waals surface area contributed by atoms with Crippen LogP contribution in [0.4, 0.5) is 0 Å². The number of rotatable bonds is 6. The summed E-state index contributed by atoms with van der Waals surface area (Å²) in [5.74, 6) is 0.434. The molecule has 1 fully saturated rings. The molecule has 1 aliphatic rings. The number of benzene rings is 1. The molecule has 1 aliphatic heterocycles. The second-order valence-electron chi connectivity index (χ2n) is 6.37. The summed E-state index contributed by atoms with van der Waals surface area (Å²) in [4.78, 5) is 0. The van der Waals surface area contributed by atoms with Gasteiger partial charge in [0.1, 0.15) is 0 Å². The minimum Gasteiger partial charge on any atom is -0.316 e. The van der Waals surface area contributed by atoms with Crippen molar-refractivity contribution in [2.24, 2.45) is 5.92 Å². The van der Waals surface area contributed by atoms with Crippen molar-refractivity contribution in [1.29, 1.82) is 0 Å². The Morgan fingerprint density at radius 3 is 2.75 bits per heavy atom. The first kappa shape index (κ1) is 17.1. The SMILES string of the molecule is CN(CC1CCCNC1)S(=O)(=O)Cc1ccc(-n2cccn2)cc1. The van der Waals surface area contributed by atoms with E-state index in [-0.39, 0.29) is 5.75 Å². The highest BCUT2D eigenvalue weighted by molar-refractivity contribution is 7.88. The van der Waals surface area contributed by atoms with Crippen LogP contribution in [0.3, 0.4) is 0 Å². The largest absolute Gasteiger partial charge is 0.316 e. The van der Waals surface area contributed by atoms with Crippen LogP contribution in [0.15, 0.2) is 42.7 Å². The summed E-state index contributed by atoms with van der Waals surface area (Å²) in [6.07, 6.45) is 5.78. The third-order valence-corrected chi connectivity index (χ3v) is 6.24. The van der Waals surface area contributed by atoms with E-state index in [1.807, 2.05) is 36.5 Å². The van der Waals surface area contributed by atoms with Crippen LogP contribution >= 0.6 is 0 Å². The van der Waals surface area contributed by atoms with Gasteiger partial charge in [0.05, 0.1) is 11.4 Å². The summed E-state index contributed by atoms with van der Waals surface area (Å²) >= 11 is 0. The van der Waals surface area contributed by atoms with Crippen molar-refractivity contribution in [3.8, 4) is 5.69 Å². The maximum Gasteiger partial charge on any atom is 0.218 e. The lowest BCUT2D eigenvalue weighted by molar-refractivity contribution is 0.314. The van der Waals surface area contributed by atoms with Gasteiger partial charge in [-0.25, -0.2) is 17.4 Å². The van der Waals surface area contributed by atoms with Gasteiger partial charge < -0.3 is 5.32 Å². The molecule has 6 nitrogen and oxygen atoms in total. The van der Waals surface area contributed by atoms with Gasteiger partial charge in [0.2, 0.25) is 10.0 Å². The molecule has 3 rings (SSSR count). The van der Waals surface area contributed by atoms with Gasteiger partial charge in [-0.15, -0.1) is 0 Å². The third kappa shape index (κ3) is 4.23. The highest BCUT2D eigenvalue weighted by Crippen LogP contribution is 2.16. The molecule has 1 N–H and O–H groups in total. The summed E-state index contributed by atoms with van der Waals surface area (Å²) in [6, 6.07) is 9.34. The molecular formula is C17H24N4O2S. The molecule has 2 heterocycles. The summed E-state index contributed by atoms with van der Waals surface area (Å²) in [6.45, 7) is 2.52. The lowest BCUT2D eigenvalue weighted by atomic mass is 10.00. The molecular weight excluding hydrogens is 324 g/mol. The van der Waals surface area contributed by atoms with Gasteiger partial charge >= 0.3 is 0 Å². The number of nitrogens with zero attached hydrogens (tertiary/aromatic N) is 3. The van der Waals surface area contributed by atoms with E-state index >= 15 is 0 Å². The molecule has 1 aromatic carbocycles. The van der Waals surface area contributed by atoms with E-state index in [0.29, 0.717) is 12.5 Å². The fraction of sp³-hybridized carbons (Fsp3) is 0.471. The molecule has 1 saturated heterocycles. The van der Waals surface area contributed by atoms with Crippen LogP contribution in [0.1, 0.15) is 18.4 Å². The Kier molecular flexibility index (Phi) is 5.33. The first-order chi connectivity index (χ1) is 11.5. The van der Waals surface area contributed by atoms with Crippen LogP contribution in [0.2, 0.25) is 0 Å². The van der Waals surface area contributed by atoms with Gasteiger partial charge in [-0.1, -0.05) is 12.1 Å². The van der Waals surface area contributed by atoms with E-state index < -0.39 is 10.0 Å². The molecule has 1 atom stereocenters. The van der Waals surface area contributed by atoms with E-state index in [1.165, 1.54) is 4.31 Å². The molecule has 0 bridgehead atoms. The highest BCUT2D eigenvalue weighted by Gasteiger charge is 2.23. The Morgan fingerprint density at radius 1 is 1.33 bits per heavy atom. The van der Waals surface area contributed by atoms with Crippen molar-refractivity contribution in [3.63, 3.8) is 0 Å². The first-order valence-electron chi connectivity index (χ1n) is 8.28. The van der Waals surface area contributed by atoms with Crippen LogP contribution in [0.5, 0.6) is 0 Å². The molecule has 0 spiro atoms. The topological polar surface area (TPSA) is 67.2 Å². The second-order valence-corrected chi connectivity index (χ2v) is 8.44. The lowest BCUT2D eigenvalue weighted by Crippen LogP contribution is -2.39. The molecule has 1 unspecified atom stereocenters. The number of nitrogens with one attached hydrogen (secondary N) is 1. The lowest BCUT2D eigenvalue weighted by Gasteiger charge is -2.27. The summed E-state index contributed by atoms with van der Waals surface area (Å²) in [5, 5.41) is 7.50. The zero-order chi connectivity index (χ0) is 17.0. The van der Waals surface area contributed by atoms with Gasteiger partial charge in [0, 0.05) is 26.0 Å². The molecule has 0 aliphatic carbocycles. The van der Waals surface area contributed by atoms with E-state index in [2.05, 4.69) is 10.4 Å². The van der Waals surface area contributed by atoms with Crippen molar-refractivity contribution >= 4 is 10.0 Å². The summed E-state index contributed by atoms with van der Waals surface area (Å²) in [7, 11) is -1.61. The molecule has 0 radical (unpaired) electrons. The molecule has 24 heavy (non-hydrogen) atoms. The predicted molar refractivity (Wildman–Crippen MR) is 94.4 cm³/mol. The van der Waals surface area contributed by atoms with E-state index in [4.69, 9.17) is 0 Å². The van der Waals surface area contributed by atoms with Crippen molar-refractivity contribution in [3.05, 3.63) is 48.3 Å². The van der Waals surface area contributed by atoms with Gasteiger partial charge in [0.25, 0.3) is 0 Å². The van der Waals surface area contributed by atoms with Crippen LogP contribution in [-0.4, -0.2) is 49.2 Å². The zero-order valence-corrected chi connectivity index (χ0v) is 14.7. The Balaban J connectivity index is 1.62. The minimum absolute atomic E-state index is 0.0308. The van der Waals surface area contributed by atoms with E-state index in [1.54, 1.807) is 17.9 Å². The van der Waals surface area contributed by atoms with E-state index in [0.717, 1.165) is 37.2 Å². The zero-order valence-electron chi connectivity index (χ0n) is 13.9. The fourth-order valence-corrected chi connectivity index (χ4v) is 4.32. The van der Waals surface area contributed by atoms with Gasteiger partial charge in [-0.3, -0.25) is 0 Å². The number of aromatic nitrogens is 2. The number of sulfonamides is 1. The number of hydrogen-bond acceptors (Lipinski definition) is 4. The predicted octanol–water partition coefficient (Wildman–Crippen LogP) is 1.63. The van der Waals surface area contributed by atoms with Crippen molar-refractivity contribution in [1.82, 2.24) is 19.4 Å². The quantitative estimate of drug-likeness (QED) is 0.862. The maximum absolute atomic E-state index is 12.6. The van der Waals surface area contributed by atoms with Crippen LogP contribution in [-0.2, 0) is 15.8 Å². The molecule has 1 aromatic heterocycles. The fourth-order valence-electron chi connectivity index (χ4n) is 3.04. The Labute approximate surface area is 143 Å². The van der Waals surface area contributed by atoms with E-state index in [9.17, 15) is 8.42 Å². The number of piperidine rings is 1. The summed E-state index contributed by atoms with van der Waals surface area (Å²) < 4.78 is 28.4. The van der Waals surface area contributed by atoms with Crippen LogP contribution in [0.25, 0.3) is 5.69 Å². The molecule has 7 heteroatoms. The molecule has 2 aromatic rings. The van der Waals surface area contributed by atoms with Gasteiger partial charge in [0.15, 0.2) is 0 Å². The van der Waals surface area contributed by atoms with Crippen molar-refractivity contribution in [2.45, 2.75) is 18.6 Å². The standard InChI is InChI=1S/C17H24N4O2S/c1-20(13-16-4-2-9-18-12-16)24(22,23)14-15-5-7-17(8-6-15)21-11-3-10-19-21/h3,5-8,10-11,16,18H,2,4,9,12-14H2,1H3. The monoisotopic (exact) mass is 348 g/mol. The van der Waals surface area contributed by atoms with Crippen molar-refractivity contribution in [2.75, 3.05) is 26.7 Å². The average molecular weight is 348 g/mol. The smallest absolute Gasteiger partial charge is 0.218 e. The molecule has 130 valence electrons. The highest BCUT2D eigenvalue weighted by atomic mass is 32.2. The van der Waals surface area contributed by atoms with Crippen LogP contribution < -0.4 is 5.32 Å². The van der Waals surface area contributed by atoms with Gasteiger partial charge in [-0.05, 0) is 55.6 Å². The molecule has 0 saturated carbocycles.